The SMILES string of the molecule is O=c1c2cc(Cl)ccc2ncn1C[C@H](O)COCc1ccc(Cl)cc1. The number of ether oxygens (including phenoxy) is 1. The zero-order valence-corrected chi connectivity index (χ0v) is 14.7. The van der Waals surface area contributed by atoms with Crippen molar-refractivity contribution in [2.24, 2.45) is 0 Å². The van der Waals surface area contributed by atoms with Gasteiger partial charge in [-0.25, -0.2) is 4.98 Å². The van der Waals surface area contributed by atoms with Crippen LogP contribution in [0.1, 0.15) is 5.56 Å². The van der Waals surface area contributed by atoms with Crippen molar-refractivity contribution in [1.29, 1.82) is 0 Å². The molecule has 0 radical (unpaired) electrons. The van der Waals surface area contributed by atoms with Crippen LogP contribution < -0.4 is 5.56 Å². The topological polar surface area (TPSA) is 64.4 Å². The highest BCUT2D eigenvalue weighted by Crippen LogP contribution is 2.14. The summed E-state index contributed by atoms with van der Waals surface area (Å²) in [5.74, 6) is 0. The summed E-state index contributed by atoms with van der Waals surface area (Å²) in [5, 5.41) is 11.7. The lowest BCUT2D eigenvalue weighted by atomic mass is 10.2. The molecule has 2 aromatic carbocycles. The molecule has 1 N–H and O–H groups in total. The van der Waals surface area contributed by atoms with E-state index in [4.69, 9.17) is 27.9 Å². The zero-order valence-electron chi connectivity index (χ0n) is 13.2. The van der Waals surface area contributed by atoms with Crippen molar-refractivity contribution < 1.29 is 9.84 Å². The Morgan fingerprint density at radius 1 is 1.12 bits per heavy atom. The zero-order chi connectivity index (χ0) is 17.8. The summed E-state index contributed by atoms with van der Waals surface area (Å²) in [7, 11) is 0. The van der Waals surface area contributed by atoms with E-state index in [0.29, 0.717) is 27.6 Å². The maximum Gasteiger partial charge on any atom is 0.261 e. The molecule has 0 unspecified atom stereocenters. The number of rotatable bonds is 6. The number of hydrogen-bond donors (Lipinski definition) is 1. The Balaban J connectivity index is 1.61. The molecule has 0 saturated heterocycles. The molecule has 3 aromatic rings. The van der Waals surface area contributed by atoms with E-state index in [2.05, 4.69) is 4.98 Å². The second-order valence-electron chi connectivity index (χ2n) is 5.66. The Morgan fingerprint density at radius 3 is 2.60 bits per heavy atom. The lowest BCUT2D eigenvalue weighted by Crippen LogP contribution is -2.29. The van der Waals surface area contributed by atoms with Crippen molar-refractivity contribution in [3.05, 3.63) is 74.8 Å². The van der Waals surface area contributed by atoms with E-state index >= 15 is 0 Å². The molecule has 0 saturated carbocycles. The third kappa shape index (κ3) is 4.58. The van der Waals surface area contributed by atoms with Crippen LogP contribution in [-0.4, -0.2) is 27.4 Å². The molecule has 7 heteroatoms. The Labute approximate surface area is 154 Å². The highest BCUT2D eigenvalue weighted by Gasteiger charge is 2.10. The van der Waals surface area contributed by atoms with Crippen molar-refractivity contribution in [3.63, 3.8) is 0 Å². The molecule has 0 aliphatic heterocycles. The summed E-state index contributed by atoms with van der Waals surface area (Å²) in [6.07, 6.45) is 0.587. The predicted molar refractivity (Wildman–Crippen MR) is 98.1 cm³/mol. The van der Waals surface area contributed by atoms with Crippen molar-refractivity contribution in [2.75, 3.05) is 6.61 Å². The van der Waals surface area contributed by atoms with Gasteiger partial charge in [-0.05, 0) is 35.9 Å². The van der Waals surface area contributed by atoms with Gasteiger partial charge in [-0.3, -0.25) is 9.36 Å². The summed E-state index contributed by atoms with van der Waals surface area (Å²) >= 11 is 11.8. The van der Waals surface area contributed by atoms with E-state index in [1.165, 1.54) is 10.9 Å². The first kappa shape index (κ1) is 17.9. The molecule has 1 aromatic heterocycles. The van der Waals surface area contributed by atoms with E-state index in [1.54, 1.807) is 30.3 Å². The average Bonchev–Trinajstić information content (AvgIpc) is 2.60. The van der Waals surface area contributed by atoms with Gasteiger partial charge >= 0.3 is 0 Å². The summed E-state index contributed by atoms with van der Waals surface area (Å²) in [6, 6.07) is 12.2. The fourth-order valence-electron chi connectivity index (χ4n) is 2.43. The lowest BCUT2D eigenvalue weighted by molar-refractivity contribution is 0.0198. The number of fused-ring (bicyclic) bond motifs is 1. The normalized spacial score (nSPS) is 12.4. The molecule has 1 atom stereocenters. The van der Waals surface area contributed by atoms with Gasteiger partial charge in [-0.15, -0.1) is 0 Å². The average molecular weight is 379 g/mol. The van der Waals surface area contributed by atoms with Crippen LogP contribution in [0.3, 0.4) is 0 Å². The van der Waals surface area contributed by atoms with E-state index < -0.39 is 6.10 Å². The number of hydrogen-bond acceptors (Lipinski definition) is 4. The molecule has 3 rings (SSSR count). The van der Waals surface area contributed by atoms with E-state index in [1.807, 2.05) is 12.1 Å². The summed E-state index contributed by atoms with van der Waals surface area (Å²) in [5.41, 5.74) is 1.28. The molecule has 0 aliphatic carbocycles. The van der Waals surface area contributed by atoms with Crippen molar-refractivity contribution in [2.45, 2.75) is 19.3 Å². The van der Waals surface area contributed by atoms with Crippen LogP contribution >= 0.6 is 23.2 Å². The fraction of sp³-hybridized carbons (Fsp3) is 0.222. The second kappa shape index (κ2) is 7.97. The Morgan fingerprint density at radius 2 is 1.84 bits per heavy atom. The molecule has 0 bridgehead atoms. The van der Waals surface area contributed by atoms with Crippen LogP contribution in [0.15, 0.2) is 53.6 Å². The van der Waals surface area contributed by atoms with Crippen molar-refractivity contribution >= 4 is 34.1 Å². The van der Waals surface area contributed by atoms with Gasteiger partial charge in [-0.1, -0.05) is 35.3 Å². The Kier molecular flexibility index (Phi) is 5.71. The van der Waals surface area contributed by atoms with Gasteiger partial charge in [0.05, 0.1) is 43.1 Å². The van der Waals surface area contributed by atoms with E-state index in [0.717, 1.165) is 5.56 Å². The number of aromatic nitrogens is 2. The molecule has 0 aliphatic rings. The standard InChI is InChI=1S/C18H16Cl2N2O3/c19-13-3-1-12(2-4-13)9-25-10-15(23)8-22-11-21-17-6-5-14(20)7-16(17)18(22)24/h1-7,11,15,23H,8-10H2/t15-/m0/s1. The molecule has 0 spiro atoms. The quantitative estimate of drug-likeness (QED) is 0.714. The number of aliphatic hydroxyl groups is 1. The van der Waals surface area contributed by atoms with Crippen LogP contribution in [0.2, 0.25) is 10.0 Å². The monoisotopic (exact) mass is 378 g/mol. The number of aliphatic hydroxyl groups excluding tert-OH is 1. The van der Waals surface area contributed by atoms with Gasteiger partial charge < -0.3 is 9.84 Å². The second-order valence-corrected chi connectivity index (χ2v) is 6.53. The molecule has 5 nitrogen and oxygen atoms in total. The van der Waals surface area contributed by atoms with E-state index in [-0.39, 0.29) is 18.7 Å². The molecule has 25 heavy (non-hydrogen) atoms. The smallest absolute Gasteiger partial charge is 0.261 e. The van der Waals surface area contributed by atoms with E-state index in [9.17, 15) is 9.90 Å². The van der Waals surface area contributed by atoms with Gasteiger partial charge in [0.25, 0.3) is 5.56 Å². The van der Waals surface area contributed by atoms with Crippen LogP contribution in [0, 0.1) is 0 Å². The van der Waals surface area contributed by atoms with Crippen LogP contribution in [-0.2, 0) is 17.9 Å². The molecule has 0 amide bonds. The predicted octanol–water partition coefficient (Wildman–Crippen LogP) is 3.28. The molecule has 0 fully saturated rings. The van der Waals surface area contributed by atoms with Crippen LogP contribution in [0.4, 0.5) is 0 Å². The minimum Gasteiger partial charge on any atom is -0.389 e. The van der Waals surface area contributed by atoms with Gasteiger partial charge in [0.15, 0.2) is 0 Å². The highest BCUT2D eigenvalue weighted by atomic mass is 35.5. The molecule has 1 heterocycles. The van der Waals surface area contributed by atoms with Crippen LogP contribution in [0.25, 0.3) is 10.9 Å². The van der Waals surface area contributed by atoms with Gasteiger partial charge in [0.2, 0.25) is 0 Å². The maximum atomic E-state index is 12.4. The summed E-state index contributed by atoms with van der Waals surface area (Å²) < 4.78 is 6.85. The maximum absolute atomic E-state index is 12.4. The van der Waals surface area contributed by atoms with Crippen LogP contribution in [0.5, 0.6) is 0 Å². The minimum absolute atomic E-state index is 0.0922. The van der Waals surface area contributed by atoms with Crippen molar-refractivity contribution in [1.82, 2.24) is 9.55 Å². The molecular weight excluding hydrogens is 363 g/mol. The summed E-state index contributed by atoms with van der Waals surface area (Å²) in [4.78, 5) is 16.7. The first-order valence-electron chi connectivity index (χ1n) is 7.68. The first-order chi connectivity index (χ1) is 12.0. The Hall–Kier alpha value is -1.92. The summed E-state index contributed by atoms with van der Waals surface area (Å²) in [6.45, 7) is 0.548. The Bertz CT molecular complexity index is 926. The van der Waals surface area contributed by atoms with Crippen molar-refractivity contribution in [3.8, 4) is 0 Å². The third-order valence-electron chi connectivity index (χ3n) is 3.69. The first-order valence-corrected chi connectivity index (χ1v) is 8.43. The third-order valence-corrected chi connectivity index (χ3v) is 4.17. The largest absolute Gasteiger partial charge is 0.389 e. The van der Waals surface area contributed by atoms with Gasteiger partial charge in [0, 0.05) is 10.0 Å². The molecular formula is C18H16Cl2N2O3. The molecule has 130 valence electrons. The van der Waals surface area contributed by atoms with Gasteiger partial charge in [-0.2, -0.15) is 0 Å². The number of halogens is 2. The number of benzene rings is 2. The lowest BCUT2D eigenvalue weighted by Gasteiger charge is -2.13. The highest BCUT2D eigenvalue weighted by molar-refractivity contribution is 6.31. The number of nitrogens with zero attached hydrogens (tertiary/aromatic N) is 2. The fourth-order valence-corrected chi connectivity index (χ4v) is 2.73. The minimum atomic E-state index is -0.830. The van der Waals surface area contributed by atoms with Gasteiger partial charge in [0.1, 0.15) is 0 Å².